The minimum absolute atomic E-state index is 0.138. The number of carbonyl (C=O) groups excluding carboxylic acids is 3. The highest BCUT2D eigenvalue weighted by Crippen LogP contribution is 2.68. The van der Waals surface area contributed by atoms with Gasteiger partial charge >= 0.3 is 17.9 Å². The van der Waals surface area contributed by atoms with E-state index in [-0.39, 0.29) is 12.0 Å². The van der Waals surface area contributed by atoms with E-state index in [9.17, 15) is 19.8 Å². The molecule has 6 aliphatic rings. The molecule has 65 heavy (non-hydrogen) atoms. The highest BCUT2D eigenvalue weighted by Gasteiger charge is 2.80. The molecule has 4 aromatic rings. The number of nitrogens with one attached hydrogen (secondary N) is 1. The fourth-order valence-electron chi connectivity index (χ4n) is 14.2. The van der Waals surface area contributed by atoms with Crippen molar-refractivity contribution in [2.75, 3.05) is 66.0 Å². The molecule has 2 saturated heterocycles. The molecule has 1 saturated carbocycles. The van der Waals surface area contributed by atoms with Crippen LogP contribution in [0.4, 0.5) is 5.69 Å². The molecule has 0 radical (unpaired) electrons. The first kappa shape index (κ1) is 43.7. The van der Waals surface area contributed by atoms with Crippen molar-refractivity contribution in [3.05, 3.63) is 82.8 Å². The van der Waals surface area contributed by atoms with Gasteiger partial charge in [-0.25, -0.2) is 9.48 Å². The fourth-order valence-corrected chi connectivity index (χ4v) is 14.2. The quantitative estimate of drug-likeness (QED) is 0.129. The molecular formula is C50H62N6O9. The Kier molecular flexibility index (Phi) is 10.2. The predicted molar refractivity (Wildman–Crippen MR) is 242 cm³/mol. The van der Waals surface area contributed by atoms with Crippen molar-refractivity contribution in [1.82, 2.24) is 24.6 Å². The highest BCUT2D eigenvalue weighted by atomic mass is 16.6. The molecule has 15 nitrogen and oxygen atoms in total. The van der Waals surface area contributed by atoms with Gasteiger partial charge in [-0.3, -0.25) is 19.4 Å². The first-order valence-electron chi connectivity index (χ1n) is 23.2. The van der Waals surface area contributed by atoms with E-state index in [0.717, 1.165) is 39.1 Å². The molecule has 5 aliphatic heterocycles. The molecule has 346 valence electrons. The zero-order valence-corrected chi connectivity index (χ0v) is 38.8. The second-order valence-corrected chi connectivity index (χ2v) is 19.8. The summed E-state index contributed by atoms with van der Waals surface area (Å²) in [5.41, 5.74) is -0.227. The van der Waals surface area contributed by atoms with Crippen LogP contribution in [0.25, 0.3) is 16.6 Å². The number of fused-ring (bicyclic) bond motifs is 6. The van der Waals surface area contributed by atoms with E-state index in [1.54, 1.807) is 7.11 Å². The summed E-state index contributed by atoms with van der Waals surface area (Å²) in [5.74, 6) is -1.66. The topological polar surface area (TPSA) is 172 Å². The van der Waals surface area contributed by atoms with Gasteiger partial charge in [0.2, 0.25) is 5.60 Å². The molecule has 1 spiro atoms. The number of esters is 3. The van der Waals surface area contributed by atoms with E-state index in [2.05, 4.69) is 39.1 Å². The lowest BCUT2D eigenvalue weighted by molar-refractivity contribution is -0.228. The number of hydrogen-bond donors (Lipinski definition) is 3. The van der Waals surface area contributed by atoms with Crippen molar-refractivity contribution < 1.29 is 43.5 Å². The monoisotopic (exact) mass is 890 g/mol. The third-order valence-electron chi connectivity index (χ3n) is 16.7. The smallest absolute Gasteiger partial charge is 0.344 e. The summed E-state index contributed by atoms with van der Waals surface area (Å²) in [4.78, 5) is 53.7. The number of aromatic amines is 1. The second kappa shape index (κ2) is 15.2. The van der Waals surface area contributed by atoms with E-state index >= 15 is 4.79 Å². The number of H-pyrrole nitrogens is 1. The maximum absolute atomic E-state index is 15.6. The Morgan fingerprint density at radius 3 is 2.42 bits per heavy atom. The van der Waals surface area contributed by atoms with Crippen molar-refractivity contribution in [3.8, 4) is 11.4 Å². The van der Waals surface area contributed by atoms with Gasteiger partial charge < -0.3 is 39.0 Å². The minimum atomic E-state index is -2.32. The summed E-state index contributed by atoms with van der Waals surface area (Å²) in [7, 11) is 6.15. The van der Waals surface area contributed by atoms with E-state index in [4.69, 9.17) is 24.0 Å². The maximum atomic E-state index is 15.6. The normalized spacial score (nSPS) is 34.7. The molecule has 7 heterocycles. The van der Waals surface area contributed by atoms with Crippen LogP contribution in [0.3, 0.4) is 0 Å². The van der Waals surface area contributed by atoms with Crippen LogP contribution in [0.5, 0.6) is 5.75 Å². The van der Waals surface area contributed by atoms with Crippen molar-refractivity contribution >= 4 is 34.5 Å². The van der Waals surface area contributed by atoms with Gasteiger partial charge in [-0.1, -0.05) is 26.0 Å². The Bertz CT molecular complexity index is 2640. The van der Waals surface area contributed by atoms with Gasteiger partial charge in [0.25, 0.3) is 0 Å². The summed E-state index contributed by atoms with van der Waals surface area (Å²) in [6.45, 7) is 10.4. The van der Waals surface area contributed by atoms with Crippen LogP contribution in [-0.4, -0.2) is 143 Å². The molecule has 10 atom stereocenters. The molecule has 3 fully saturated rings. The number of aliphatic hydroxyl groups is 2. The molecule has 2 aromatic heterocycles. The van der Waals surface area contributed by atoms with Crippen LogP contribution >= 0.6 is 0 Å². The predicted octanol–water partition coefficient (Wildman–Crippen LogP) is 4.49. The Morgan fingerprint density at radius 1 is 0.954 bits per heavy atom. The van der Waals surface area contributed by atoms with Gasteiger partial charge in [-0.2, -0.15) is 5.10 Å². The standard InChI is InChI=1S/C50H62N6O9/c1-9-46(60)25-31-26-49(44(58)63-7,40-33(15-19-54(27-31)28-46)34-22-32(12-13-37(34)51-40)56-20-14-29(3)52-56)36-23-35-38(24-39(36)62-6)53(5)42-48(35)17-21-55-18-11-16-47(10-2,41(48)55)43(65-30(4)57)50(42,61)45(59)64-8/h11-14,16,20,22-24,31,41-43,51,60-61H,9-10,15,17-19,21,25-28H2,1-8H3/t31-,41+,42?,43-,46+,47-,48-,49+,50+/m1/s1. The summed E-state index contributed by atoms with van der Waals surface area (Å²) >= 11 is 0. The average Bonchev–Trinajstić information content (AvgIpc) is 4.08. The van der Waals surface area contributed by atoms with Crippen LogP contribution in [0.1, 0.15) is 81.0 Å². The number of piperidine rings is 1. The molecule has 15 heteroatoms. The fraction of sp³-hybridized carbons (Fsp3) is 0.560. The van der Waals surface area contributed by atoms with Crippen molar-refractivity contribution in [2.45, 2.75) is 106 Å². The lowest BCUT2D eigenvalue weighted by atomic mass is 9.47. The lowest BCUT2D eigenvalue weighted by Gasteiger charge is -2.63. The zero-order valence-electron chi connectivity index (χ0n) is 38.8. The first-order valence-corrected chi connectivity index (χ1v) is 23.2. The van der Waals surface area contributed by atoms with Gasteiger partial charge in [-0.05, 0) is 99.4 Å². The lowest BCUT2D eigenvalue weighted by Crippen LogP contribution is -2.81. The number of ether oxygens (including phenoxy) is 4. The number of nitrogens with zero attached hydrogens (tertiary/aromatic N) is 5. The summed E-state index contributed by atoms with van der Waals surface area (Å²) in [6.07, 6.45) is 7.69. The van der Waals surface area contributed by atoms with Crippen LogP contribution < -0.4 is 9.64 Å². The van der Waals surface area contributed by atoms with Crippen LogP contribution in [-0.2, 0) is 45.8 Å². The van der Waals surface area contributed by atoms with Crippen LogP contribution in [0.15, 0.2) is 54.7 Å². The van der Waals surface area contributed by atoms with E-state index < -0.39 is 57.5 Å². The van der Waals surface area contributed by atoms with E-state index in [0.29, 0.717) is 88.3 Å². The highest BCUT2D eigenvalue weighted by molar-refractivity contribution is 5.95. The van der Waals surface area contributed by atoms with Gasteiger partial charge in [0.1, 0.15) is 11.2 Å². The largest absolute Gasteiger partial charge is 0.496 e. The first-order chi connectivity index (χ1) is 31.1. The van der Waals surface area contributed by atoms with Crippen molar-refractivity contribution in [2.24, 2.45) is 11.3 Å². The number of likely N-dealkylation sites (N-methyl/N-ethyl adjacent to an activating group) is 1. The summed E-state index contributed by atoms with van der Waals surface area (Å²) in [6, 6.07) is 10.9. The van der Waals surface area contributed by atoms with Crippen molar-refractivity contribution in [3.63, 3.8) is 0 Å². The Hall–Kier alpha value is -5.22. The SMILES string of the molecule is CC[C@]1(O)C[C@H]2CN(CCc3c([nH]c4ccc(-n5ccc(C)n5)cc34)[C@@](C(=O)OC)(c3cc4c(cc3OC)N(C)C3[C@]45CCN4CC=C[C@@](CC)([C@@H](OC(C)=O)[C@]3(O)C(=O)OC)[C@H]45)C2)C1. The Labute approximate surface area is 379 Å². The van der Waals surface area contributed by atoms with Crippen LogP contribution in [0, 0.1) is 18.3 Å². The molecule has 2 aromatic carbocycles. The third-order valence-corrected chi connectivity index (χ3v) is 16.7. The Balaban J connectivity index is 1.28. The number of rotatable bonds is 8. The number of carbonyl (C=O) groups is 3. The van der Waals surface area contributed by atoms with Gasteiger partial charge in [0.15, 0.2) is 6.10 Å². The molecular weight excluding hydrogens is 829 g/mol. The number of benzene rings is 2. The zero-order chi connectivity index (χ0) is 46.0. The van der Waals surface area contributed by atoms with Gasteiger partial charge in [-0.15, -0.1) is 0 Å². The second-order valence-electron chi connectivity index (χ2n) is 19.8. The molecule has 3 N–H and O–H groups in total. The number of aryl methyl sites for hydroxylation is 1. The average molecular weight is 891 g/mol. The molecule has 0 amide bonds. The molecule has 2 bridgehead atoms. The number of methoxy groups -OCH3 is 3. The summed E-state index contributed by atoms with van der Waals surface area (Å²) < 4.78 is 26.0. The maximum Gasteiger partial charge on any atom is 0.344 e. The van der Waals surface area contributed by atoms with E-state index in [1.165, 1.54) is 21.1 Å². The van der Waals surface area contributed by atoms with Gasteiger partial charge in [0, 0.05) is 97.1 Å². The number of aromatic nitrogens is 3. The minimum Gasteiger partial charge on any atom is -0.496 e. The Morgan fingerprint density at radius 2 is 1.74 bits per heavy atom. The molecule has 10 rings (SSSR count). The van der Waals surface area contributed by atoms with Crippen molar-refractivity contribution in [1.29, 1.82) is 0 Å². The third kappa shape index (κ3) is 5.86. The number of hydrogen-bond acceptors (Lipinski definition) is 13. The number of anilines is 1. The van der Waals surface area contributed by atoms with Crippen LogP contribution in [0.2, 0.25) is 0 Å². The summed E-state index contributed by atoms with van der Waals surface area (Å²) in [5, 5.41) is 31.2. The molecule has 2 unspecified atom stereocenters. The molecule has 1 aliphatic carbocycles. The van der Waals surface area contributed by atoms with E-state index in [1.807, 2.05) is 67.9 Å². The van der Waals surface area contributed by atoms with Gasteiger partial charge in [0.05, 0.1) is 44.4 Å².